The predicted octanol–water partition coefficient (Wildman–Crippen LogP) is 6.30. The van der Waals surface area contributed by atoms with Gasteiger partial charge in [0.05, 0.1) is 17.7 Å². The van der Waals surface area contributed by atoms with Gasteiger partial charge in [-0.3, -0.25) is 14.6 Å². The largest absolute Gasteiger partial charge is 0.493 e. The first-order valence-electron chi connectivity index (χ1n) is 15.3. The lowest BCUT2D eigenvalue weighted by atomic mass is 10.0. The first kappa shape index (κ1) is 32.1. The Bertz CT molecular complexity index is 1490. The number of hydrogen-bond donors (Lipinski definition) is 1. The smallest absolute Gasteiger partial charge is 0.295 e. The van der Waals surface area contributed by atoms with Gasteiger partial charge in [0.15, 0.2) is 17.3 Å². The minimum Gasteiger partial charge on any atom is -0.493 e. The summed E-state index contributed by atoms with van der Waals surface area (Å²) in [7, 11) is -2.78. The van der Waals surface area contributed by atoms with Gasteiger partial charge in [-0.1, -0.05) is 54.0 Å². The number of anilines is 1. The average molecular weight is 641 g/mol. The molecule has 9 nitrogen and oxygen atoms in total. The number of carbonyl (C=O) groups is 1. The molecule has 1 amide bonds. The van der Waals surface area contributed by atoms with Gasteiger partial charge >= 0.3 is 0 Å². The summed E-state index contributed by atoms with van der Waals surface area (Å²) in [6.45, 7) is 5.89. The summed E-state index contributed by atoms with van der Waals surface area (Å²) in [4.78, 5) is 24.6. The standard InChI is InChI=1S/C33H41ClN4O5S/c1-3-33(36-21-9-5-10-22-36,37-23-11-6-12-24-37)35-32(39)26-15-18-29(19-16-26)44(40,41)38(28-13-7-4-8-14-28)43-30-20-17-27(34)25-31(30)42-2/h4,7-8,13-20,25H,3,5-6,9-12,21-24H2,1-2H3,(H,35,39). The Morgan fingerprint density at radius 2 is 1.45 bits per heavy atom. The van der Waals surface area contributed by atoms with Crippen molar-refractivity contribution < 1.29 is 22.8 Å². The highest BCUT2D eigenvalue weighted by atomic mass is 35.5. The number of amides is 1. The number of ether oxygens (including phenoxy) is 1. The molecule has 0 saturated carbocycles. The number of methoxy groups -OCH3 is 1. The quantitative estimate of drug-likeness (QED) is 0.246. The molecule has 11 heteroatoms. The van der Waals surface area contributed by atoms with E-state index in [4.69, 9.17) is 21.2 Å². The topological polar surface area (TPSA) is 91.4 Å². The maximum Gasteiger partial charge on any atom is 0.295 e. The molecular formula is C33H41ClN4O5S. The number of nitrogens with zero attached hydrogens (tertiary/aromatic N) is 3. The number of sulfonamides is 1. The molecule has 0 bridgehead atoms. The molecule has 2 saturated heterocycles. The molecule has 0 aromatic heterocycles. The number of likely N-dealkylation sites (tertiary alicyclic amines) is 2. The van der Waals surface area contributed by atoms with Gasteiger partial charge in [-0.05, 0) is 80.6 Å². The van der Waals surface area contributed by atoms with E-state index in [2.05, 4.69) is 22.0 Å². The van der Waals surface area contributed by atoms with Crippen molar-refractivity contribution >= 4 is 33.2 Å². The lowest BCUT2D eigenvalue weighted by molar-refractivity contribution is -0.0970. The summed E-state index contributed by atoms with van der Waals surface area (Å²) in [6, 6.07) is 19.2. The molecule has 0 unspecified atom stereocenters. The second-order valence-electron chi connectivity index (χ2n) is 11.2. The molecule has 5 rings (SSSR count). The third-order valence-corrected chi connectivity index (χ3v) is 10.3. The van der Waals surface area contributed by atoms with E-state index < -0.39 is 15.8 Å². The number of nitrogens with one attached hydrogen (secondary N) is 1. The lowest BCUT2D eigenvalue weighted by Gasteiger charge is -2.53. The SMILES string of the molecule is CCC(NC(=O)c1ccc(S(=O)(=O)N(Oc2ccc(Cl)cc2OC)c2ccccc2)cc1)(N1CCCCC1)N1CCCCC1. The number of hydrogen-bond acceptors (Lipinski definition) is 7. The zero-order valence-corrected chi connectivity index (χ0v) is 26.9. The van der Waals surface area contributed by atoms with Crippen molar-refractivity contribution in [3.63, 3.8) is 0 Å². The van der Waals surface area contributed by atoms with Crippen LogP contribution in [0.2, 0.25) is 5.02 Å². The predicted molar refractivity (Wildman–Crippen MR) is 173 cm³/mol. The van der Waals surface area contributed by atoms with Crippen LogP contribution in [0.15, 0.2) is 77.7 Å². The van der Waals surface area contributed by atoms with Crippen LogP contribution in [0.5, 0.6) is 11.5 Å². The van der Waals surface area contributed by atoms with E-state index in [1.165, 1.54) is 32.1 Å². The Labute approximate surface area is 265 Å². The summed E-state index contributed by atoms with van der Waals surface area (Å²) in [5.41, 5.74) is 0.685. The molecule has 3 aromatic carbocycles. The molecule has 2 aliphatic heterocycles. The van der Waals surface area contributed by atoms with Crippen LogP contribution in [0.1, 0.15) is 62.2 Å². The van der Waals surface area contributed by atoms with Crippen LogP contribution in [-0.4, -0.2) is 63.2 Å². The number of benzene rings is 3. The third kappa shape index (κ3) is 6.83. The first-order chi connectivity index (χ1) is 21.3. The van der Waals surface area contributed by atoms with Gasteiger partial charge in [-0.15, -0.1) is 0 Å². The van der Waals surface area contributed by atoms with Gasteiger partial charge in [0.25, 0.3) is 15.9 Å². The minimum atomic E-state index is -4.23. The molecule has 44 heavy (non-hydrogen) atoms. The number of para-hydroxylation sites is 1. The Kier molecular flexibility index (Phi) is 10.4. The molecule has 2 fully saturated rings. The second-order valence-corrected chi connectivity index (χ2v) is 13.4. The normalized spacial score (nSPS) is 16.7. The van der Waals surface area contributed by atoms with Crippen LogP contribution in [0.4, 0.5) is 5.69 Å². The first-order valence-corrected chi connectivity index (χ1v) is 17.1. The summed E-state index contributed by atoms with van der Waals surface area (Å²) in [6.07, 6.45) is 7.60. The van der Waals surface area contributed by atoms with E-state index in [9.17, 15) is 13.2 Å². The Morgan fingerprint density at radius 3 is 2.00 bits per heavy atom. The fourth-order valence-electron chi connectivity index (χ4n) is 6.15. The summed E-state index contributed by atoms with van der Waals surface area (Å²) in [5, 5.41) is 3.82. The second kappa shape index (κ2) is 14.2. The molecule has 1 N–H and O–H groups in total. The summed E-state index contributed by atoms with van der Waals surface area (Å²) >= 11 is 6.11. The van der Waals surface area contributed by atoms with Crippen molar-refractivity contribution in [1.29, 1.82) is 0 Å². The van der Waals surface area contributed by atoms with Gasteiger partial charge in [0.2, 0.25) is 0 Å². The monoisotopic (exact) mass is 640 g/mol. The molecule has 0 spiro atoms. The Morgan fingerprint density at radius 1 is 0.864 bits per heavy atom. The van der Waals surface area contributed by atoms with Crippen molar-refractivity contribution in [2.24, 2.45) is 0 Å². The van der Waals surface area contributed by atoms with Crippen molar-refractivity contribution in [3.8, 4) is 11.5 Å². The van der Waals surface area contributed by atoms with E-state index in [1.54, 1.807) is 60.7 Å². The van der Waals surface area contributed by atoms with Crippen molar-refractivity contribution in [2.45, 2.75) is 62.6 Å². The molecule has 0 atom stereocenters. The molecule has 2 heterocycles. The molecule has 3 aromatic rings. The Hall–Kier alpha value is -3.31. The van der Waals surface area contributed by atoms with Crippen molar-refractivity contribution in [3.05, 3.63) is 83.4 Å². The van der Waals surface area contributed by atoms with E-state index in [0.29, 0.717) is 16.3 Å². The summed E-state index contributed by atoms with van der Waals surface area (Å²) in [5.74, 6) is -0.346. The van der Waals surface area contributed by atoms with Crippen LogP contribution in [0.25, 0.3) is 0 Å². The van der Waals surface area contributed by atoms with E-state index in [0.717, 1.165) is 62.8 Å². The number of halogens is 1. The number of carbonyl (C=O) groups excluding carboxylic acids is 1. The van der Waals surface area contributed by atoms with Crippen LogP contribution in [-0.2, 0) is 10.0 Å². The molecule has 236 valence electrons. The molecule has 0 radical (unpaired) electrons. The van der Waals surface area contributed by atoms with E-state index in [1.807, 2.05) is 0 Å². The van der Waals surface area contributed by atoms with Crippen LogP contribution < -0.4 is 19.4 Å². The van der Waals surface area contributed by atoms with Gasteiger partial charge in [-0.2, -0.15) is 8.42 Å². The molecule has 2 aliphatic rings. The number of piperidine rings is 2. The lowest BCUT2D eigenvalue weighted by Crippen LogP contribution is -2.71. The maximum absolute atomic E-state index is 14.0. The third-order valence-electron chi connectivity index (χ3n) is 8.47. The fraction of sp³-hybridized carbons (Fsp3) is 0.424. The fourth-order valence-corrected chi connectivity index (χ4v) is 7.56. The Balaban J connectivity index is 1.42. The van der Waals surface area contributed by atoms with Gasteiger partial charge < -0.3 is 14.9 Å². The van der Waals surface area contributed by atoms with E-state index >= 15 is 0 Å². The van der Waals surface area contributed by atoms with Crippen molar-refractivity contribution in [2.75, 3.05) is 37.8 Å². The van der Waals surface area contributed by atoms with Gasteiger partial charge in [0.1, 0.15) is 0 Å². The minimum absolute atomic E-state index is 0.0281. The highest BCUT2D eigenvalue weighted by molar-refractivity contribution is 7.92. The average Bonchev–Trinajstić information content (AvgIpc) is 3.07. The zero-order valence-electron chi connectivity index (χ0n) is 25.4. The van der Waals surface area contributed by atoms with Crippen LogP contribution >= 0.6 is 11.6 Å². The molecule has 0 aliphatic carbocycles. The van der Waals surface area contributed by atoms with Crippen LogP contribution in [0.3, 0.4) is 0 Å². The van der Waals surface area contributed by atoms with Gasteiger partial charge in [-0.25, -0.2) is 0 Å². The highest BCUT2D eigenvalue weighted by Gasteiger charge is 2.43. The van der Waals surface area contributed by atoms with Crippen molar-refractivity contribution in [1.82, 2.24) is 15.1 Å². The highest BCUT2D eigenvalue weighted by Crippen LogP contribution is 2.34. The van der Waals surface area contributed by atoms with Gasteiger partial charge in [0, 0.05) is 42.8 Å². The van der Waals surface area contributed by atoms with E-state index in [-0.39, 0.29) is 22.3 Å². The maximum atomic E-state index is 14.0. The zero-order chi connectivity index (χ0) is 31.2. The molecular weight excluding hydrogens is 600 g/mol. The van der Waals surface area contributed by atoms with Crippen LogP contribution in [0, 0.1) is 0 Å². The number of rotatable bonds is 11. The summed E-state index contributed by atoms with van der Waals surface area (Å²) < 4.78 is 34.2.